The summed E-state index contributed by atoms with van der Waals surface area (Å²) in [5.41, 5.74) is -0.809. The summed E-state index contributed by atoms with van der Waals surface area (Å²) in [6, 6.07) is 9.24. The second kappa shape index (κ2) is 10.1. The van der Waals surface area contributed by atoms with Crippen LogP contribution in [0.4, 0.5) is 26.3 Å². The third kappa shape index (κ3) is 5.39. The van der Waals surface area contributed by atoms with Crippen molar-refractivity contribution < 1.29 is 26.3 Å². The molecule has 4 aromatic rings. The van der Waals surface area contributed by atoms with Crippen molar-refractivity contribution in [2.45, 2.75) is 63.3 Å². The Hall–Kier alpha value is -3.76. The van der Waals surface area contributed by atoms with Crippen LogP contribution in [-0.4, -0.2) is 19.5 Å². The van der Waals surface area contributed by atoms with Crippen LogP contribution in [0.25, 0.3) is 11.2 Å². The van der Waals surface area contributed by atoms with Crippen molar-refractivity contribution in [2.75, 3.05) is 0 Å². The molecule has 0 aliphatic heterocycles. The Morgan fingerprint density at radius 1 is 0.846 bits per heavy atom. The molecule has 1 aliphatic rings. The number of benzene rings is 1. The molecule has 0 unspecified atom stereocenters. The zero-order valence-electron chi connectivity index (χ0n) is 20.9. The van der Waals surface area contributed by atoms with Crippen molar-refractivity contribution in [3.8, 4) is 0 Å². The summed E-state index contributed by atoms with van der Waals surface area (Å²) in [6.07, 6.45) is -4.60. The molecule has 204 valence electrons. The third-order valence-electron chi connectivity index (χ3n) is 7.32. The lowest BCUT2D eigenvalue weighted by Crippen LogP contribution is -2.29. The smallest absolute Gasteiger partial charge is 0.285 e. The van der Waals surface area contributed by atoms with E-state index >= 15 is 0 Å². The molecule has 5 nitrogen and oxygen atoms in total. The summed E-state index contributed by atoms with van der Waals surface area (Å²) < 4.78 is 82.8. The number of hydrogen-bond donors (Lipinski definition) is 0. The van der Waals surface area contributed by atoms with E-state index in [1.807, 2.05) is 0 Å². The molecule has 0 bridgehead atoms. The van der Waals surface area contributed by atoms with Gasteiger partial charge < -0.3 is 0 Å². The van der Waals surface area contributed by atoms with Gasteiger partial charge in [-0.1, -0.05) is 18.2 Å². The minimum absolute atomic E-state index is 0.148. The lowest BCUT2D eigenvalue weighted by atomic mass is 9.75. The summed E-state index contributed by atoms with van der Waals surface area (Å²) in [5, 5.41) is 0. The Bertz CT molecular complexity index is 1570. The maximum Gasteiger partial charge on any atom is 0.418 e. The molecule has 0 atom stereocenters. The van der Waals surface area contributed by atoms with Crippen LogP contribution in [0.1, 0.15) is 71.2 Å². The lowest BCUT2D eigenvalue weighted by molar-refractivity contribution is -0.139. The predicted octanol–water partition coefficient (Wildman–Crippen LogP) is 7.02. The average molecular weight is 547 g/mol. The van der Waals surface area contributed by atoms with Crippen LogP contribution in [0, 0.1) is 6.92 Å². The second-order valence-electron chi connectivity index (χ2n) is 9.84. The molecule has 1 aliphatic carbocycles. The molecule has 0 radical (unpaired) electrons. The van der Waals surface area contributed by atoms with Gasteiger partial charge in [0, 0.05) is 18.0 Å². The highest BCUT2D eigenvalue weighted by molar-refractivity contribution is 5.71. The van der Waals surface area contributed by atoms with Gasteiger partial charge in [0.2, 0.25) is 0 Å². The molecule has 5 rings (SSSR count). The van der Waals surface area contributed by atoms with Crippen LogP contribution in [0.2, 0.25) is 0 Å². The summed E-state index contributed by atoms with van der Waals surface area (Å²) in [6.45, 7) is 1.21. The molecule has 0 spiro atoms. The van der Waals surface area contributed by atoms with Gasteiger partial charge in [-0.2, -0.15) is 26.3 Å². The van der Waals surface area contributed by atoms with Gasteiger partial charge >= 0.3 is 12.4 Å². The summed E-state index contributed by atoms with van der Waals surface area (Å²) in [4.78, 5) is 26.4. The number of aryl methyl sites for hydroxylation is 1. The minimum Gasteiger partial charge on any atom is -0.285 e. The molecule has 0 amide bonds. The first kappa shape index (κ1) is 26.8. The van der Waals surface area contributed by atoms with E-state index in [0.29, 0.717) is 42.5 Å². The SMILES string of the molecule is Cc1cnc2cc([C@H]3CC[C@H](c4ccccc4C(F)(F)F)CC3)c(=O)n(Cc3ncccc3C(F)(F)F)c2n1. The second-order valence-corrected chi connectivity index (χ2v) is 9.84. The molecule has 0 N–H and O–H groups in total. The van der Waals surface area contributed by atoms with Gasteiger partial charge in [0.1, 0.15) is 5.52 Å². The molecule has 3 aromatic heterocycles. The lowest BCUT2D eigenvalue weighted by Gasteiger charge is -2.30. The van der Waals surface area contributed by atoms with Gasteiger partial charge in [-0.05, 0) is 74.3 Å². The van der Waals surface area contributed by atoms with Gasteiger partial charge in [-0.15, -0.1) is 0 Å². The number of halogens is 6. The van der Waals surface area contributed by atoms with Crippen molar-refractivity contribution in [3.05, 3.63) is 98.9 Å². The molecule has 1 fully saturated rings. The largest absolute Gasteiger partial charge is 0.418 e. The van der Waals surface area contributed by atoms with Crippen LogP contribution in [-0.2, 0) is 18.9 Å². The third-order valence-corrected chi connectivity index (χ3v) is 7.32. The first-order chi connectivity index (χ1) is 18.4. The van der Waals surface area contributed by atoms with Crippen molar-refractivity contribution >= 4 is 11.2 Å². The van der Waals surface area contributed by atoms with Crippen LogP contribution < -0.4 is 5.56 Å². The van der Waals surface area contributed by atoms with Crippen LogP contribution >= 0.6 is 0 Å². The molecular weight excluding hydrogens is 522 g/mol. The zero-order valence-corrected chi connectivity index (χ0v) is 20.9. The van der Waals surface area contributed by atoms with E-state index in [0.717, 1.165) is 12.1 Å². The molecule has 3 heterocycles. The topological polar surface area (TPSA) is 60.7 Å². The summed E-state index contributed by atoms with van der Waals surface area (Å²) in [5.74, 6) is -0.594. The monoisotopic (exact) mass is 546 g/mol. The zero-order chi connectivity index (χ0) is 27.9. The standard InChI is InChI=1S/C28H24F6N4O/c1-16-14-36-23-13-20(18-10-8-17(9-11-18)19-5-2-3-6-21(19)27(29,30)31)26(39)38(25(23)37-16)15-24-22(28(32,33)34)7-4-12-35-24/h2-7,12-14,17-18H,8-11,15H2,1H3/t17-,18-. The Labute approximate surface area is 219 Å². The maximum atomic E-state index is 13.7. The van der Waals surface area contributed by atoms with E-state index in [9.17, 15) is 31.1 Å². The highest BCUT2D eigenvalue weighted by Crippen LogP contribution is 2.44. The molecule has 0 saturated heterocycles. The fourth-order valence-electron chi connectivity index (χ4n) is 5.47. The van der Waals surface area contributed by atoms with Crippen LogP contribution in [0.15, 0.2) is 59.7 Å². The number of nitrogens with zero attached hydrogens (tertiary/aromatic N) is 4. The number of alkyl halides is 6. The molecular formula is C28H24F6N4O. The number of rotatable bonds is 4. The Balaban J connectivity index is 1.51. The molecule has 1 aromatic carbocycles. The Morgan fingerprint density at radius 2 is 1.46 bits per heavy atom. The quantitative estimate of drug-likeness (QED) is 0.258. The van der Waals surface area contributed by atoms with E-state index in [-0.39, 0.29) is 28.7 Å². The molecule has 11 heteroatoms. The van der Waals surface area contributed by atoms with Crippen molar-refractivity contribution in [2.24, 2.45) is 0 Å². The first-order valence-electron chi connectivity index (χ1n) is 12.5. The normalized spacial score (nSPS) is 18.4. The Morgan fingerprint density at radius 3 is 2.13 bits per heavy atom. The predicted molar refractivity (Wildman–Crippen MR) is 132 cm³/mol. The van der Waals surface area contributed by atoms with Crippen molar-refractivity contribution in [1.82, 2.24) is 19.5 Å². The molecule has 39 heavy (non-hydrogen) atoms. The molecule has 1 saturated carbocycles. The van der Waals surface area contributed by atoms with E-state index in [4.69, 9.17) is 0 Å². The van der Waals surface area contributed by atoms with Crippen LogP contribution in [0.3, 0.4) is 0 Å². The van der Waals surface area contributed by atoms with Crippen LogP contribution in [0.5, 0.6) is 0 Å². The fraction of sp³-hybridized carbons (Fsp3) is 0.357. The van der Waals surface area contributed by atoms with Crippen molar-refractivity contribution in [1.29, 1.82) is 0 Å². The minimum atomic E-state index is -4.66. The van der Waals surface area contributed by atoms with Gasteiger partial charge in [0.05, 0.1) is 29.1 Å². The number of aromatic nitrogens is 4. The van der Waals surface area contributed by atoms with Gasteiger partial charge in [0.25, 0.3) is 5.56 Å². The highest BCUT2D eigenvalue weighted by Gasteiger charge is 2.37. The number of hydrogen-bond acceptors (Lipinski definition) is 4. The maximum absolute atomic E-state index is 13.7. The summed E-state index contributed by atoms with van der Waals surface area (Å²) >= 11 is 0. The highest BCUT2D eigenvalue weighted by atomic mass is 19.4. The van der Waals surface area contributed by atoms with Crippen molar-refractivity contribution in [3.63, 3.8) is 0 Å². The van der Waals surface area contributed by atoms with E-state index < -0.39 is 35.6 Å². The van der Waals surface area contributed by atoms with E-state index in [1.165, 1.54) is 35.2 Å². The Kier molecular flexibility index (Phi) is 6.94. The average Bonchev–Trinajstić information content (AvgIpc) is 2.90. The van der Waals surface area contributed by atoms with E-state index in [2.05, 4.69) is 15.0 Å². The van der Waals surface area contributed by atoms with Gasteiger partial charge in [-0.3, -0.25) is 19.3 Å². The number of pyridine rings is 2. The van der Waals surface area contributed by atoms with Gasteiger partial charge in [-0.25, -0.2) is 4.98 Å². The number of fused-ring (bicyclic) bond motifs is 1. The summed E-state index contributed by atoms with van der Waals surface area (Å²) in [7, 11) is 0. The fourth-order valence-corrected chi connectivity index (χ4v) is 5.47. The van der Waals surface area contributed by atoms with E-state index in [1.54, 1.807) is 19.1 Å². The van der Waals surface area contributed by atoms with Gasteiger partial charge in [0.15, 0.2) is 5.65 Å². The first-order valence-corrected chi connectivity index (χ1v) is 12.5.